The summed E-state index contributed by atoms with van der Waals surface area (Å²) in [4.78, 5) is 22.0. The topological polar surface area (TPSA) is 84.9 Å². The third kappa shape index (κ3) is 7.35. The third-order valence-electron chi connectivity index (χ3n) is 2.94. The Balaban J connectivity index is 2.55. The molecule has 0 unspecified atom stereocenters. The number of rotatable bonds is 10. The molecule has 6 heteroatoms. The van der Waals surface area contributed by atoms with Gasteiger partial charge in [0, 0.05) is 19.0 Å². The van der Waals surface area contributed by atoms with Crippen molar-refractivity contribution in [2.24, 2.45) is 0 Å². The molecule has 126 valence electrons. The van der Waals surface area contributed by atoms with Crippen LogP contribution in [-0.2, 0) is 9.59 Å². The van der Waals surface area contributed by atoms with Gasteiger partial charge in [-0.1, -0.05) is 13.0 Å². The number of ether oxygens (including phenoxy) is 2. The van der Waals surface area contributed by atoms with Crippen molar-refractivity contribution < 1.29 is 24.2 Å². The molecule has 2 N–H and O–H groups in total. The Labute approximate surface area is 136 Å². The first-order chi connectivity index (χ1) is 11.1. The van der Waals surface area contributed by atoms with E-state index in [9.17, 15) is 9.59 Å². The molecule has 0 aliphatic heterocycles. The maximum Gasteiger partial charge on any atom is 0.303 e. The van der Waals surface area contributed by atoms with E-state index < -0.39 is 5.97 Å². The Morgan fingerprint density at radius 1 is 1.30 bits per heavy atom. The van der Waals surface area contributed by atoms with Gasteiger partial charge in [0.05, 0.1) is 13.7 Å². The molecule has 0 spiro atoms. The van der Waals surface area contributed by atoms with Crippen molar-refractivity contribution in [3.8, 4) is 11.5 Å². The Hall–Kier alpha value is -2.50. The average molecular weight is 321 g/mol. The Morgan fingerprint density at radius 3 is 2.74 bits per heavy atom. The van der Waals surface area contributed by atoms with Gasteiger partial charge >= 0.3 is 5.97 Å². The van der Waals surface area contributed by atoms with Crippen molar-refractivity contribution in [2.75, 3.05) is 20.3 Å². The molecule has 0 fully saturated rings. The predicted octanol–water partition coefficient (Wildman–Crippen LogP) is 2.48. The molecule has 1 amide bonds. The number of aliphatic carboxylic acids is 1. The smallest absolute Gasteiger partial charge is 0.303 e. The second-order valence-electron chi connectivity index (χ2n) is 4.88. The number of carbonyl (C=O) groups excluding carboxylic acids is 1. The maximum absolute atomic E-state index is 11.6. The van der Waals surface area contributed by atoms with Gasteiger partial charge in [-0.05, 0) is 36.6 Å². The molecule has 0 aromatic heterocycles. The lowest BCUT2D eigenvalue weighted by molar-refractivity contribution is -0.137. The highest BCUT2D eigenvalue weighted by molar-refractivity contribution is 5.91. The zero-order chi connectivity index (χ0) is 17.1. The monoisotopic (exact) mass is 321 g/mol. The highest BCUT2D eigenvalue weighted by atomic mass is 16.5. The van der Waals surface area contributed by atoms with Crippen LogP contribution in [0.25, 0.3) is 6.08 Å². The van der Waals surface area contributed by atoms with Gasteiger partial charge in [0.15, 0.2) is 11.5 Å². The van der Waals surface area contributed by atoms with Crippen molar-refractivity contribution in [3.63, 3.8) is 0 Å². The van der Waals surface area contributed by atoms with E-state index in [1.165, 1.54) is 6.08 Å². The number of carboxylic acid groups (broad SMARTS) is 1. The highest BCUT2D eigenvalue weighted by Crippen LogP contribution is 2.28. The van der Waals surface area contributed by atoms with E-state index in [1.807, 2.05) is 13.0 Å². The zero-order valence-corrected chi connectivity index (χ0v) is 13.5. The quantitative estimate of drug-likeness (QED) is 0.511. The van der Waals surface area contributed by atoms with E-state index in [0.717, 1.165) is 12.0 Å². The van der Waals surface area contributed by atoms with Crippen LogP contribution in [-0.4, -0.2) is 37.2 Å². The van der Waals surface area contributed by atoms with Crippen LogP contribution in [0.3, 0.4) is 0 Å². The molecular formula is C17H23NO5. The lowest BCUT2D eigenvalue weighted by Crippen LogP contribution is -2.22. The zero-order valence-electron chi connectivity index (χ0n) is 13.5. The summed E-state index contributed by atoms with van der Waals surface area (Å²) >= 11 is 0. The fourth-order valence-corrected chi connectivity index (χ4v) is 1.80. The van der Waals surface area contributed by atoms with E-state index in [0.29, 0.717) is 31.1 Å². The van der Waals surface area contributed by atoms with E-state index in [4.69, 9.17) is 14.6 Å². The van der Waals surface area contributed by atoms with E-state index >= 15 is 0 Å². The van der Waals surface area contributed by atoms with Crippen molar-refractivity contribution in [1.82, 2.24) is 5.32 Å². The van der Waals surface area contributed by atoms with Gasteiger partial charge in [-0.2, -0.15) is 0 Å². The Kier molecular flexibility index (Phi) is 8.28. The van der Waals surface area contributed by atoms with E-state index in [-0.39, 0.29) is 12.3 Å². The minimum Gasteiger partial charge on any atom is -0.493 e. The fraction of sp³-hybridized carbons (Fsp3) is 0.412. The van der Waals surface area contributed by atoms with Crippen LogP contribution >= 0.6 is 0 Å². The standard InChI is InChI=1S/C17H23NO5/c1-3-11-23-14-8-6-13(12-15(14)22-2)7-9-16(19)18-10-4-5-17(20)21/h6-9,12H,3-5,10-11H2,1-2H3,(H,18,19)(H,20,21). The number of amides is 1. The number of hydrogen-bond acceptors (Lipinski definition) is 4. The lowest BCUT2D eigenvalue weighted by atomic mass is 10.2. The first kappa shape index (κ1) is 18.5. The van der Waals surface area contributed by atoms with Crippen molar-refractivity contribution in [3.05, 3.63) is 29.8 Å². The van der Waals surface area contributed by atoms with Gasteiger partial charge in [-0.25, -0.2) is 0 Å². The number of carbonyl (C=O) groups is 2. The van der Waals surface area contributed by atoms with Crippen LogP contribution in [0.2, 0.25) is 0 Å². The van der Waals surface area contributed by atoms with Gasteiger partial charge in [0.1, 0.15) is 0 Å². The van der Waals surface area contributed by atoms with Gasteiger partial charge in [-0.15, -0.1) is 0 Å². The minimum atomic E-state index is -0.868. The molecule has 0 radical (unpaired) electrons. The molecule has 0 heterocycles. The average Bonchev–Trinajstić information content (AvgIpc) is 2.55. The molecule has 0 atom stereocenters. The SMILES string of the molecule is CCCOc1ccc(C=CC(=O)NCCCC(=O)O)cc1OC. The molecule has 0 aliphatic rings. The van der Waals surface area contributed by atoms with Crippen molar-refractivity contribution in [1.29, 1.82) is 0 Å². The van der Waals surface area contributed by atoms with Crippen LogP contribution in [0.15, 0.2) is 24.3 Å². The normalized spacial score (nSPS) is 10.5. The summed E-state index contributed by atoms with van der Waals surface area (Å²) < 4.78 is 10.8. The first-order valence-electron chi connectivity index (χ1n) is 7.55. The van der Waals surface area contributed by atoms with Crippen LogP contribution < -0.4 is 14.8 Å². The number of hydrogen-bond donors (Lipinski definition) is 2. The molecule has 0 bridgehead atoms. The maximum atomic E-state index is 11.6. The summed E-state index contributed by atoms with van der Waals surface area (Å²) in [7, 11) is 1.57. The molecule has 1 aromatic carbocycles. The summed E-state index contributed by atoms with van der Waals surface area (Å²) in [5.41, 5.74) is 0.811. The van der Waals surface area contributed by atoms with Gasteiger partial charge < -0.3 is 19.9 Å². The van der Waals surface area contributed by atoms with Crippen LogP contribution in [0.4, 0.5) is 0 Å². The van der Waals surface area contributed by atoms with Crippen LogP contribution in [0.1, 0.15) is 31.7 Å². The molecule has 0 aliphatic carbocycles. The van der Waals surface area contributed by atoms with Gasteiger partial charge in [0.2, 0.25) is 5.91 Å². The molecular weight excluding hydrogens is 298 g/mol. The summed E-state index contributed by atoms with van der Waals surface area (Å²) in [6, 6.07) is 5.43. The number of benzene rings is 1. The molecule has 0 saturated heterocycles. The van der Waals surface area contributed by atoms with Gasteiger partial charge in [0.25, 0.3) is 0 Å². The predicted molar refractivity (Wildman–Crippen MR) is 87.7 cm³/mol. The molecule has 0 saturated carbocycles. The van der Waals surface area contributed by atoms with E-state index in [2.05, 4.69) is 5.32 Å². The van der Waals surface area contributed by atoms with Crippen LogP contribution in [0, 0.1) is 0 Å². The van der Waals surface area contributed by atoms with Crippen molar-refractivity contribution in [2.45, 2.75) is 26.2 Å². The highest BCUT2D eigenvalue weighted by Gasteiger charge is 2.04. The number of methoxy groups -OCH3 is 1. The number of carboxylic acids is 1. The third-order valence-corrected chi connectivity index (χ3v) is 2.94. The number of nitrogens with one attached hydrogen (secondary N) is 1. The molecule has 6 nitrogen and oxygen atoms in total. The van der Waals surface area contributed by atoms with Gasteiger partial charge in [-0.3, -0.25) is 9.59 Å². The second kappa shape index (κ2) is 10.3. The minimum absolute atomic E-state index is 0.0421. The summed E-state index contributed by atoms with van der Waals surface area (Å²) in [6.45, 7) is 2.98. The fourth-order valence-electron chi connectivity index (χ4n) is 1.80. The van der Waals surface area contributed by atoms with Crippen LogP contribution in [0.5, 0.6) is 11.5 Å². The van der Waals surface area contributed by atoms with Crippen molar-refractivity contribution >= 4 is 18.0 Å². The van der Waals surface area contributed by atoms with E-state index in [1.54, 1.807) is 25.3 Å². The summed E-state index contributed by atoms with van der Waals surface area (Å²) in [5, 5.41) is 11.1. The first-order valence-corrected chi connectivity index (χ1v) is 7.55. The molecule has 23 heavy (non-hydrogen) atoms. The molecule has 1 aromatic rings. The lowest BCUT2D eigenvalue weighted by Gasteiger charge is -2.10. The summed E-state index contributed by atoms with van der Waals surface area (Å²) in [6.07, 6.45) is 4.43. The Morgan fingerprint density at radius 2 is 2.09 bits per heavy atom. The largest absolute Gasteiger partial charge is 0.493 e. The Bertz CT molecular complexity index is 554. The molecule has 1 rings (SSSR count). The summed E-state index contributed by atoms with van der Waals surface area (Å²) in [5.74, 6) is 0.153. The second-order valence-corrected chi connectivity index (χ2v) is 4.88.